The quantitative estimate of drug-likeness (QED) is 0.861. The lowest BCUT2D eigenvalue weighted by Crippen LogP contribution is -2.05. The zero-order chi connectivity index (χ0) is 11.2. The van der Waals surface area contributed by atoms with E-state index in [2.05, 4.69) is 27.2 Å². The highest BCUT2D eigenvalue weighted by Crippen LogP contribution is 2.13. The average molecular weight is 234 g/mol. The number of thiazole rings is 1. The van der Waals surface area contributed by atoms with E-state index in [0.29, 0.717) is 0 Å². The zero-order valence-corrected chi connectivity index (χ0v) is 10.00. The summed E-state index contributed by atoms with van der Waals surface area (Å²) in [6.45, 7) is 2.99. The summed E-state index contributed by atoms with van der Waals surface area (Å²) in [5.41, 5.74) is 0. The molecule has 2 aromatic heterocycles. The maximum absolute atomic E-state index is 4.36. The van der Waals surface area contributed by atoms with Gasteiger partial charge in [-0.05, 0) is 6.42 Å². The molecule has 0 aromatic carbocycles. The molecule has 0 bridgehead atoms. The summed E-state index contributed by atoms with van der Waals surface area (Å²) < 4.78 is 0. The molecule has 5 heteroatoms. The number of aromatic nitrogens is 3. The Morgan fingerprint density at radius 3 is 2.88 bits per heavy atom. The highest BCUT2D eigenvalue weighted by atomic mass is 32.1. The molecule has 2 rings (SSSR count). The third kappa shape index (κ3) is 3.00. The van der Waals surface area contributed by atoms with Gasteiger partial charge in [-0.2, -0.15) is 0 Å². The van der Waals surface area contributed by atoms with Gasteiger partial charge in [0, 0.05) is 36.4 Å². The van der Waals surface area contributed by atoms with Gasteiger partial charge in [-0.15, -0.1) is 11.3 Å². The molecule has 0 aliphatic heterocycles. The van der Waals surface area contributed by atoms with E-state index in [4.69, 9.17) is 0 Å². The Bertz CT molecular complexity index is 427. The second-order valence-corrected chi connectivity index (χ2v) is 4.54. The van der Waals surface area contributed by atoms with Crippen LogP contribution in [0.4, 0.5) is 5.82 Å². The van der Waals surface area contributed by atoms with Gasteiger partial charge in [0.25, 0.3) is 0 Å². The van der Waals surface area contributed by atoms with Crippen LogP contribution in [0.3, 0.4) is 0 Å². The number of hydrogen-bond acceptors (Lipinski definition) is 5. The van der Waals surface area contributed by atoms with E-state index in [-0.39, 0.29) is 0 Å². The molecule has 2 heterocycles. The highest BCUT2D eigenvalue weighted by molar-refractivity contribution is 7.11. The Morgan fingerprint density at radius 1 is 1.25 bits per heavy atom. The molecule has 16 heavy (non-hydrogen) atoms. The van der Waals surface area contributed by atoms with Gasteiger partial charge in [-0.25, -0.2) is 9.97 Å². The van der Waals surface area contributed by atoms with E-state index in [1.54, 1.807) is 29.9 Å². The van der Waals surface area contributed by atoms with Crippen LogP contribution < -0.4 is 5.32 Å². The average Bonchev–Trinajstić information content (AvgIpc) is 2.78. The molecule has 2 aromatic rings. The standard InChI is InChI=1S/C11H14N4S/c1-2-9-7-15-11(16-9)3-4-13-10-8-12-5-6-14-10/h5-8H,2-4H2,1H3,(H,13,14). The number of nitrogens with zero attached hydrogens (tertiary/aromatic N) is 3. The minimum absolute atomic E-state index is 0.815. The molecular weight excluding hydrogens is 220 g/mol. The topological polar surface area (TPSA) is 50.7 Å². The fraction of sp³-hybridized carbons (Fsp3) is 0.364. The molecule has 0 saturated heterocycles. The molecule has 0 radical (unpaired) electrons. The number of rotatable bonds is 5. The Kier molecular flexibility index (Phi) is 3.82. The first-order valence-corrected chi connectivity index (χ1v) is 6.13. The summed E-state index contributed by atoms with van der Waals surface area (Å²) in [5.74, 6) is 0.815. The van der Waals surface area contributed by atoms with E-state index in [1.807, 2.05) is 6.20 Å². The number of hydrogen-bond donors (Lipinski definition) is 1. The maximum Gasteiger partial charge on any atom is 0.144 e. The lowest BCUT2D eigenvalue weighted by atomic mass is 10.4. The van der Waals surface area contributed by atoms with Crippen molar-refractivity contribution in [3.05, 3.63) is 34.7 Å². The van der Waals surface area contributed by atoms with Crippen LogP contribution in [0.2, 0.25) is 0 Å². The Morgan fingerprint density at radius 2 is 2.19 bits per heavy atom. The number of aryl methyl sites for hydroxylation is 1. The van der Waals surface area contributed by atoms with Crippen molar-refractivity contribution in [3.8, 4) is 0 Å². The lowest BCUT2D eigenvalue weighted by molar-refractivity contribution is 0.981. The van der Waals surface area contributed by atoms with Crippen LogP contribution in [0, 0.1) is 0 Å². The van der Waals surface area contributed by atoms with Gasteiger partial charge in [0.05, 0.1) is 11.2 Å². The normalized spacial score (nSPS) is 10.3. The first-order chi connectivity index (χ1) is 7.88. The fourth-order valence-electron chi connectivity index (χ4n) is 1.31. The van der Waals surface area contributed by atoms with Crippen molar-refractivity contribution >= 4 is 17.2 Å². The molecule has 0 fully saturated rings. The van der Waals surface area contributed by atoms with Crippen LogP contribution in [-0.4, -0.2) is 21.5 Å². The van der Waals surface area contributed by atoms with Crippen molar-refractivity contribution in [2.45, 2.75) is 19.8 Å². The van der Waals surface area contributed by atoms with Crippen LogP contribution in [-0.2, 0) is 12.8 Å². The Labute approximate surface area is 98.8 Å². The molecule has 0 aliphatic carbocycles. The van der Waals surface area contributed by atoms with Crippen LogP contribution >= 0.6 is 11.3 Å². The second-order valence-electron chi connectivity index (χ2n) is 3.34. The SMILES string of the molecule is CCc1cnc(CCNc2cnccn2)s1. The van der Waals surface area contributed by atoms with E-state index >= 15 is 0 Å². The summed E-state index contributed by atoms with van der Waals surface area (Å²) >= 11 is 1.78. The van der Waals surface area contributed by atoms with Crippen LogP contribution in [0.15, 0.2) is 24.8 Å². The first-order valence-electron chi connectivity index (χ1n) is 5.32. The van der Waals surface area contributed by atoms with Crippen molar-refractivity contribution in [2.75, 3.05) is 11.9 Å². The highest BCUT2D eigenvalue weighted by Gasteiger charge is 2.00. The minimum Gasteiger partial charge on any atom is -0.368 e. The Hall–Kier alpha value is -1.49. The zero-order valence-electron chi connectivity index (χ0n) is 9.18. The van der Waals surface area contributed by atoms with Gasteiger partial charge in [0.1, 0.15) is 5.82 Å². The largest absolute Gasteiger partial charge is 0.368 e. The molecule has 1 N–H and O–H groups in total. The Balaban J connectivity index is 1.80. The van der Waals surface area contributed by atoms with Gasteiger partial charge in [0.15, 0.2) is 0 Å². The smallest absolute Gasteiger partial charge is 0.144 e. The third-order valence-electron chi connectivity index (χ3n) is 2.16. The monoisotopic (exact) mass is 234 g/mol. The predicted molar refractivity (Wildman–Crippen MR) is 65.7 cm³/mol. The molecule has 0 saturated carbocycles. The van der Waals surface area contributed by atoms with E-state index in [1.165, 1.54) is 9.88 Å². The summed E-state index contributed by atoms with van der Waals surface area (Å²) in [6.07, 6.45) is 9.03. The number of nitrogens with one attached hydrogen (secondary N) is 1. The molecule has 0 spiro atoms. The van der Waals surface area contributed by atoms with Crippen LogP contribution in [0.1, 0.15) is 16.8 Å². The summed E-state index contributed by atoms with van der Waals surface area (Å²) in [6, 6.07) is 0. The molecule has 4 nitrogen and oxygen atoms in total. The lowest BCUT2D eigenvalue weighted by Gasteiger charge is -2.01. The van der Waals surface area contributed by atoms with Crippen LogP contribution in [0.5, 0.6) is 0 Å². The first kappa shape index (κ1) is 11.0. The van der Waals surface area contributed by atoms with Crippen molar-refractivity contribution < 1.29 is 0 Å². The summed E-state index contributed by atoms with van der Waals surface area (Å²) in [7, 11) is 0. The van der Waals surface area contributed by atoms with Crippen molar-refractivity contribution in [1.29, 1.82) is 0 Å². The summed E-state index contributed by atoms with van der Waals surface area (Å²) in [4.78, 5) is 13.8. The molecule has 84 valence electrons. The van der Waals surface area contributed by atoms with E-state index in [9.17, 15) is 0 Å². The van der Waals surface area contributed by atoms with E-state index < -0.39 is 0 Å². The second kappa shape index (κ2) is 5.55. The van der Waals surface area contributed by atoms with Crippen molar-refractivity contribution in [2.24, 2.45) is 0 Å². The molecule has 0 amide bonds. The maximum atomic E-state index is 4.36. The van der Waals surface area contributed by atoms with E-state index in [0.717, 1.165) is 25.2 Å². The molecular formula is C11H14N4S. The van der Waals surface area contributed by atoms with Gasteiger partial charge < -0.3 is 5.32 Å². The third-order valence-corrected chi connectivity index (χ3v) is 3.36. The van der Waals surface area contributed by atoms with Crippen molar-refractivity contribution in [1.82, 2.24) is 15.0 Å². The molecule has 0 atom stereocenters. The minimum atomic E-state index is 0.815. The van der Waals surface area contributed by atoms with Gasteiger partial charge in [-0.1, -0.05) is 6.92 Å². The molecule has 0 unspecified atom stereocenters. The van der Waals surface area contributed by atoms with Gasteiger partial charge in [-0.3, -0.25) is 4.98 Å². The number of anilines is 1. The van der Waals surface area contributed by atoms with Crippen LogP contribution in [0.25, 0.3) is 0 Å². The van der Waals surface area contributed by atoms with Gasteiger partial charge >= 0.3 is 0 Å². The molecule has 0 aliphatic rings. The fourth-order valence-corrected chi connectivity index (χ4v) is 2.18. The van der Waals surface area contributed by atoms with Crippen molar-refractivity contribution in [3.63, 3.8) is 0 Å². The summed E-state index contributed by atoms with van der Waals surface area (Å²) in [5, 5.41) is 4.39. The predicted octanol–water partition coefficient (Wildman–Crippen LogP) is 2.15. The van der Waals surface area contributed by atoms with Gasteiger partial charge in [0.2, 0.25) is 0 Å².